The van der Waals surface area contributed by atoms with E-state index in [2.05, 4.69) is 10.6 Å². The highest BCUT2D eigenvalue weighted by Crippen LogP contribution is 2.04. The Bertz CT molecular complexity index is 474. The van der Waals surface area contributed by atoms with Crippen LogP contribution in [-0.4, -0.2) is 30.8 Å². The lowest BCUT2D eigenvalue weighted by Crippen LogP contribution is -2.47. The number of amides is 3. The maximum atomic E-state index is 11.8. The van der Waals surface area contributed by atoms with Crippen LogP contribution in [0.15, 0.2) is 30.3 Å². The molecule has 20 heavy (non-hydrogen) atoms. The van der Waals surface area contributed by atoms with E-state index >= 15 is 0 Å². The second-order valence-electron chi connectivity index (χ2n) is 4.39. The molecule has 1 aromatic carbocycles. The van der Waals surface area contributed by atoms with Gasteiger partial charge in [0.1, 0.15) is 6.04 Å². The van der Waals surface area contributed by atoms with Crippen molar-refractivity contribution in [2.45, 2.75) is 25.3 Å². The molecule has 0 heterocycles. The molecule has 108 valence electrons. The molecule has 1 unspecified atom stereocenters. The third-order valence-corrected chi connectivity index (χ3v) is 2.78. The number of hydrogen-bond donors (Lipinski definition) is 3. The molecular weight excluding hydrogens is 258 g/mol. The normalized spacial score (nSPS) is 11.4. The van der Waals surface area contributed by atoms with Crippen LogP contribution in [0.4, 0.5) is 0 Å². The lowest BCUT2D eigenvalue weighted by molar-refractivity contribution is -0.129. The highest BCUT2D eigenvalue weighted by Gasteiger charge is 2.20. The molecular formula is C14H19N3O3. The van der Waals surface area contributed by atoms with Gasteiger partial charge in [0.2, 0.25) is 17.7 Å². The summed E-state index contributed by atoms with van der Waals surface area (Å²) in [5.74, 6) is -1.19. The molecule has 0 bridgehead atoms. The van der Waals surface area contributed by atoms with Crippen molar-refractivity contribution in [2.24, 2.45) is 5.73 Å². The quantitative estimate of drug-likeness (QED) is 0.639. The number of primary amides is 1. The fourth-order valence-electron chi connectivity index (χ4n) is 1.74. The fourth-order valence-corrected chi connectivity index (χ4v) is 1.74. The number of likely N-dealkylation sites (N-methyl/N-ethyl adjacent to an activating group) is 1. The maximum Gasteiger partial charge on any atom is 0.242 e. The van der Waals surface area contributed by atoms with Gasteiger partial charge in [-0.25, -0.2) is 0 Å². The van der Waals surface area contributed by atoms with E-state index in [1.807, 2.05) is 30.3 Å². The summed E-state index contributed by atoms with van der Waals surface area (Å²) in [4.78, 5) is 34.1. The standard InChI is InChI=1S/C14H19N3O3/c1-16-14(20)11(9-10-5-3-2-4-6-10)17-13(19)8-7-12(15)18/h2-6,11H,7-9H2,1H3,(H2,15,18)(H,16,20)(H,17,19). The molecule has 1 aromatic rings. The number of nitrogens with one attached hydrogen (secondary N) is 2. The van der Waals surface area contributed by atoms with Gasteiger partial charge >= 0.3 is 0 Å². The zero-order valence-corrected chi connectivity index (χ0v) is 11.4. The number of benzene rings is 1. The third kappa shape index (κ3) is 5.51. The van der Waals surface area contributed by atoms with Crippen molar-refractivity contribution in [2.75, 3.05) is 7.05 Å². The van der Waals surface area contributed by atoms with Crippen LogP contribution >= 0.6 is 0 Å². The summed E-state index contributed by atoms with van der Waals surface area (Å²) >= 11 is 0. The highest BCUT2D eigenvalue weighted by atomic mass is 16.2. The Labute approximate surface area is 117 Å². The topological polar surface area (TPSA) is 101 Å². The Morgan fingerprint density at radius 1 is 1.15 bits per heavy atom. The number of carbonyl (C=O) groups is 3. The minimum absolute atomic E-state index is 0.0163. The van der Waals surface area contributed by atoms with E-state index in [4.69, 9.17) is 5.73 Å². The molecule has 0 aromatic heterocycles. The first-order valence-corrected chi connectivity index (χ1v) is 6.36. The van der Waals surface area contributed by atoms with Crippen LogP contribution in [0.2, 0.25) is 0 Å². The second kappa shape index (κ2) is 7.93. The van der Waals surface area contributed by atoms with Gasteiger partial charge in [-0.3, -0.25) is 14.4 Å². The lowest BCUT2D eigenvalue weighted by Gasteiger charge is -2.17. The van der Waals surface area contributed by atoms with Gasteiger partial charge < -0.3 is 16.4 Å². The van der Waals surface area contributed by atoms with Crippen molar-refractivity contribution in [1.82, 2.24) is 10.6 Å². The highest BCUT2D eigenvalue weighted by molar-refractivity contribution is 5.89. The smallest absolute Gasteiger partial charge is 0.242 e. The first kappa shape index (κ1) is 15.7. The molecule has 4 N–H and O–H groups in total. The van der Waals surface area contributed by atoms with Crippen molar-refractivity contribution < 1.29 is 14.4 Å². The Balaban J connectivity index is 2.63. The molecule has 0 aliphatic carbocycles. The number of nitrogens with two attached hydrogens (primary N) is 1. The summed E-state index contributed by atoms with van der Waals surface area (Å²) < 4.78 is 0. The SMILES string of the molecule is CNC(=O)C(Cc1ccccc1)NC(=O)CCC(N)=O. The molecule has 6 nitrogen and oxygen atoms in total. The summed E-state index contributed by atoms with van der Waals surface area (Å²) in [6, 6.07) is 8.71. The molecule has 3 amide bonds. The second-order valence-corrected chi connectivity index (χ2v) is 4.39. The van der Waals surface area contributed by atoms with Crippen molar-refractivity contribution >= 4 is 17.7 Å². The largest absolute Gasteiger partial charge is 0.370 e. The first-order valence-electron chi connectivity index (χ1n) is 6.36. The summed E-state index contributed by atoms with van der Waals surface area (Å²) in [6.45, 7) is 0. The first-order chi connectivity index (χ1) is 9.52. The summed E-state index contributed by atoms with van der Waals surface area (Å²) in [5.41, 5.74) is 5.92. The van der Waals surface area contributed by atoms with Crippen LogP contribution in [0.1, 0.15) is 18.4 Å². The number of carbonyl (C=O) groups excluding carboxylic acids is 3. The fraction of sp³-hybridized carbons (Fsp3) is 0.357. The van der Waals surface area contributed by atoms with Crippen LogP contribution in [0, 0.1) is 0 Å². The van der Waals surface area contributed by atoms with E-state index in [1.165, 1.54) is 7.05 Å². The minimum Gasteiger partial charge on any atom is -0.370 e. The molecule has 0 fully saturated rings. The van der Waals surface area contributed by atoms with Gasteiger partial charge in [-0.15, -0.1) is 0 Å². The van der Waals surface area contributed by atoms with E-state index in [0.29, 0.717) is 6.42 Å². The molecule has 0 aliphatic heterocycles. The van der Waals surface area contributed by atoms with Gasteiger partial charge in [0.05, 0.1) is 0 Å². The van der Waals surface area contributed by atoms with Crippen LogP contribution in [0.25, 0.3) is 0 Å². The maximum absolute atomic E-state index is 11.8. The predicted molar refractivity (Wildman–Crippen MR) is 74.6 cm³/mol. The van der Waals surface area contributed by atoms with Crippen LogP contribution in [0.5, 0.6) is 0 Å². The predicted octanol–water partition coefficient (Wildman–Crippen LogP) is -0.275. The molecule has 1 atom stereocenters. The molecule has 0 saturated carbocycles. The van der Waals surface area contributed by atoms with Gasteiger partial charge in [0.25, 0.3) is 0 Å². The van der Waals surface area contributed by atoms with Crippen LogP contribution in [0.3, 0.4) is 0 Å². The molecule has 0 saturated heterocycles. The Morgan fingerprint density at radius 3 is 2.35 bits per heavy atom. The summed E-state index contributed by atoms with van der Waals surface area (Å²) in [7, 11) is 1.51. The number of rotatable bonds is 7. The average molecular weight is 277 g/mol. The summed E-state index contributed by atoms with van der Waals surface area (Å²) in [5, 5.41) is 5.12. The Kier molecular flexibility index (Phi) is 6.22. The Morgan fingerprint density at radius 2 is 1.80 bits per heavy atom. The van der Waals surface area contributed by atoms with Gasteiger partial charge in [0.15, 0.2) is 0 Å². The van der Waals surface area contributed by atoms with E-state index in [1.54, 1.807) is 0 Å². The molecule has 6 heteroatoms. The van der Waals surface area contributed by atoms with Gasteiger partial charge in [0, 0.05) is 26.3 Å². The van der Waals surface area contributed by atoms with Crippen LogP contribution in [-0.2, 0) is 20.8 Å². The lowest BCUT2D eigenvalue weighted by atomic mass is 10.0. The van der Waals surface area contributed by atoms with Crippen molar-refractivity contribution in [1.29, 1.82) is 0 Å². The minimum atomic E-state index is -0.664. The van der Waals surface area contributed by atoms with Crippen LogP contribution < -0.4 is 16.4 Å². The average Bonchev–Trinajstić information content (AvgIpc) is 2.44. The molecule has 0 radical (unpaired) electrons. The molecule has 1 rings (SSSR count). The molecule has 0 spiro atoms. The Hall–Kier alpha value is -2.37. The van der Waals surface area contributed by atoms with Gasteiger partial charge in [-0.2, -0.15) is 0 Å². The van der Waals surface area contributed by atoms with E-state index in [9.17, 15) is 14.4 Å². The van der Waals surface area contributed by atoms with E-state index in [0.717, 1.165) is 5.56 Å². The van der Waals surface area contributed by atoms with Crippen molar-refractivity contribution in [3.8, 4) is 0 Å². The van der Waals surface area contributed by atoms with E-state index < -0.39 is 11.9 Å². The van der Waals surface area contributed by atoms with Gasteiger partial charge in [-0.1, -0.05) is 30.3 Å². The number of hydrogen-bond acceptors (Lipinski definition) is 3. The zero-order chi connectivity index (χ0) is 15.0. The third-order valence-electron chi connectivity index (χ3n) is 2.78. The van der Waals surface area contributed by atoms with E-state index in [-0.39, 0.29) is 24.7 Å². The van der Waals surface area contributed by atoms with Crippen molar-refractivity contribution in [3.05, 3.63) is 35.9 Å². The van der Waals surface area contributed by atoms with Crippen molar-refractivity contribution in [3.63, 3.8) is 0 Å². The zero-order valence-electron chi connectivity index (χ0n) is 11.4. The monoisotopic (exact) mass is 277 g/mol. The summed E-state index contributed by atoms with van der Waals surface area (Å²) in [6.07, 6.45) is 0.345. The molecule has 0 aliphatic rings. The van der Waals surface area contributed by atoms with Gasteiger partial charge in [-0.05, 0) is 5.56 Å².